The van der Waals surface area contributed by atoms with Gasteiger partial charge in [-0.05, 0) is 49.6 Å². The number of hydrogen-bond donors (Lipinski definition) is 2. The van der Waals surface area contributed by atoms with Crippen LogP contribution in [0.4, 0.5) is 0 Å². The van der Waals surface area contributed by atoms with Crippen LogP contribution in [0.3, 0.4) is 0 Å². The maximum atomic E-state index is 12.2. The Labute approximate surface area is 177 Å². The van der Waals surface area contributed by atoms with Crippen LogP contribution in [0.2, 0.25) is 5.02 Å². The maximum absolute atomic E-state index is 12.2. The second-order valence-corrected chi connectivity index (χ2v) is 7.02. The second-order valence-electron chi connectivity index (χ2n) is 6.58. The first-order valence-corrected chi connectivity index (χ1v) is 9.23. The first-order chi connectivity index (χ1) is 12.2. The molecule has 27 heavy (non-hydrogen) atoms. The summed E-state index contributed by atoms with van der Waals surface area (Å²) in [4.78, 5) is 16.5. The molecule has 0 spiro atoms. The lowest BCUT2D eigenvalue weighted by Crippen LogP contribution is -2.44. The van der Waals surface area contributed by atoms with E-state index >= 15 is 0 Å². The van der Waals surface area contributed by atoms with E-state index in [1.54, 1.807) is 6.20 Å². The molecule has 1 aromatic carbocycles. The molecule has 1 aliphatic carbocycles. The molecule has 1 amide bonds. The molecule has 2 aromatic rings. The summed E-state index contributed by atoms with van der Waals surface area (Å²) < 4.78 is 5.74. The van der Waals surface area contributed by atoms with Crippen LogP contribution in [0, 0.1) is 5.92 Å². The van der Waals surface area contributed by atoms with Gasteiger partial charge >= 0.3 is 0 Å². The van der Waals surface area contributed by atoms with Gasteiger partial charge in [0.15, 0.2) is 11.7 Å². The first kappa shape index (κ1) is 23.8. The highest BCUT2D eigenvalue weighted by molar-refractivity contribution is 6.30. The van der Waals surface area contributed by atoms with Crippen molar-refractivity contribution in [3.63, 3.8) is 0 Å². The van der Waals surface area contributed by atoms with Gasteiger partial charge in [0, 0.05) is 29.5 Å². The number of nitrogens with one attached hydrogen (secondary N) is 1. The number of carbonyl (C=O) groups excluding carboxylic acids is 1. The minimum absolute atomic E-state index is 0. The van der Waals surface area contributed by atoms with Gasteiger partial charge < -0.3 is 15.5 Å². The summed E-state index contributed by atoms with van der Waals surface area (Å²) in [5.41, 5.74) is 6.73. The van der Waals surface area contributed by atoms with Crippen molar-refractivity contribution in [2.75, 3.05) is 6.54 Å². The third-order valence-electron chi connectivity index (χ3n) is 4.81. The standard InChI is InChI=1S/C19H24ClN3O2.2ClH/c20-15-7-5-13(6-8-15)17-12-22-19(25-17)10-9-18(24)23-16-4-2-1-3-14(16)11-21;;/h5-8,12,14,16H,1-4,9-11,21H2,(H,23,24);2*1H. The normalized spacial score (nSPS) is 18.9. The molecule has 2 atom stereocenters. The largest absolute Gasteiger partial charge is 0.441 e. The van der Waals surface area contributed by atoms with Gasteiger partial charge in [-0.3, -0.25) is 4.79 Å². The monoisotopic (exact) mass is 433 g/mol. The van der Waals surface area contributed by atoms with E-state index in [0.717, 1.165) is 24.8 Å². The summed E-state index contributed by atoms with van der Waals surface area (Å²) in [6, 6.07) is 7.60. The first-order valence-electron chi connectivity index (χ1n) is 8.86. The number of nitrogens with two attached hydrogens (primary N) is 1. The molecular weight excluding hydrogens is 409 g/mol. The molecule has 150 valence electrons. The highest BCUT2D eigenvalue weighted by atomic mass is 35.5. The molecule has 1 aliphatic rings. The van der Waals surface area contributed by atoms with Crippen LogP contribution in [0.25, 0.3) is 11.3 Å². The Kier molecular flexibility index (Phi) is 10.2. The van der Waals surface area contributed by atoms with E-state index in [1.165, 1.54) is 6.42 Å². The van der Waals surface area contributed by atoms with Crippen molar-refractivity contribution >= 4 is 42.3 Å². The fourth-order valence-electron chi connectivity index (χ4n) is 3.35. The zero-order chi connectivity index (χ0) is 17.6. The molecule has 1 aromatic heterocycles. The fourth-order valence-corrected chi connectivity index (χ4v) is 3.48. The Balaban J connectivity index is 0.00000182. The molecule has 0 radical (unpaired) electrons. The smallest absolute Gasteiger partial charge is 0.220 e. The zero-order valence-electron chi connectivity index (χ0n) is 15.0. The van der Waals surface area contributed by atoms with Crippen LogP contribution in [0.15, 0.2) is 34.9 Å². The Morgan fingerprint density at radius 2 is 1.93 bits per heavy atom. The number of carbonyl (C=O) groups is 1. The number of hydrogen-bond acceptors (Lipinski definition) is 4. The third-order valence-corrected chi connectivity index (χ3v) is 5.06. The van der Waals surface area contributed by atoms with Gasteiger partial charge in [-0.15, -0.1) is 24.8 Å². The Morgan fingerprint density at radius 1 is 1.22 bits per heavy atom. The fraction of sp³-hybridized carbons (Fsp3) is 0.474. The molecular formula is C19H26Cl3N3O2. The molecule has 1 heterocycles. The third kappa shape index (κ3) is 6.68. The second kappa shape index (κ2) is 11.5. The summed E-state index contributed by atoms with van der Waals surface area (Å²) in [6.45, 7) is 0.634. The van der Waals surface area contributed by atoms with Crippen LogP contribution in [0.1, 0.15) is 38.0 Å². The lowest BCUT2D eigenvalue weighted by atomic mass is 9.84. The zero-order valence-corrected chi connectivity index (χ0v) is 17.4. The minimum atomic E-state index is 0. The number of benzene rings is 1. The van der Waals surface area contributed by atoms with Crippen molar-refractivity contribution < 1.29 is 9.21 Å². The van der Waals surface area contributed by atoms with Crippen LogP contribution in [-0.2, 0) is 11.2 Å². The van der Waals surface area contributed by atoms with Crippen molar-refractivity contribution in [2.45, 2.75) is 44.6 Å². The lowest BCUT2D eigenvalue weighted by Gasteiger charge is -2.31. The number of amides is 1. The average molecular weight is 435 g/mol. The molecule has 0 bridgehead atoms. The maximum Gasteiger partial charge on any atom is 0.220 e. The average Bonchev–Trinajstić information content (AvgIpc) is 3.10. The Morgan fingerprint density at radius 3 is 2.63 bits per heavy atom. The summed E-state index contributed by atoms with van der Waals surface area (Å²) >= 11 is 5.89. The van der Waals surface area contributed by atoms with Gasteiger partial charge in [-0.25, -0.2) is 4.98 Å². The van der Waals surface area contributed by atoms with Crippen molar-refractivity contribution in [3.05, 3.63) is 41.4 Å². The molecule has 0 aliphatic heterocycles. The van der Waals surface area contributed by atoms with Crippen LogP contribution in [0.5, 0.6) is 0 Å². The van der Waals surface area contributed by atoms with E-state index in [0.29, 0.717) is 42.0 Å². The van der Waals surface area contributed by atoms with Crippen LogP contribution >= 0.6 is 36.4 Å². The molecule has 8 heteroatoms. The van der Waals surface area contributed by atoms with Gasteiger partial charge in [0.25, 0.3) is 0 Å². The molecule has 3 N–H and O–H groups in total. The number of nitrogens with zero attached hydrogens (tertiary/aromatic N) is 1. The predicted molar refractivity (Wildman–Crippen MR) is 113 cm³/mol. The van der Waals surface area contributed by atoms with Gasteiger partial charge in [-0.1, -0.05) is 24.4 Å². The molecule has 5 nitrogen and oxygen atoms in total. The van der Waals surface area contributed by atoms with E-state index in [2.05, 4.69) is 10.3 Å². The summed E-state index contributed by atoms with van der Waals surface area (Å²) in [6.07, 6.45) is 7.03. The van der Waals surface area contributed by atoms with E-state index in [1.807, 2.05) is 24.3 Å². The quantitative estimate of drug-likeness (QED) is 0.706. The SMILES string of the molecule is Cl.Cl.NCC1CCCCC1NC(=O)CCc1ncc(-c2ccc(Cl)cc2)o1. The van der Waals surface area contributed by atoms with Crippen LogP contribution < -0.4 is 11.1 Å². The number of rotatable bonds is 6. The van der Waals surface area contributed by atoms with E-state index in [9.17, 15) is 4.79 Å². The van der Waals surface area contributed by atoms with Gasteiger partial charge in [-0.2, -0.15) is 0 Å². The van der Waals surface area contributed by atoms with Crippen molar-refractivity contribution in [2.24, 2.45) is 11.7 Å². The van der Waals surface area contributed by atoms with E-state index in [-0.39, 0.29) is 36.8 Å². The topological polar surface area (TPSA) is 81.1 Å². The molecule has 0 saturated heterocycles. The molecule has 1 saturated carbocycles. The molecule has 3 rings (SSSR count). The van der Waals surface area contributed by atoms with E-state index < -0.39 is 0 Å². The molecule has 1 fully saturated rings. The van der Waals surface area contributed by atoms with Crippen molar-refractivity contribution in [1.82, 2.24) is 10.3 Å². The number of aromatic nitrogens is 1. The Hall–Kier alpha value is -1.27. The number of aryl methyl sites for hydroxylation is 1. The summed E-state index contributed by atoms with van der Waals surface area (Å²) in [7, 11) is 0. The Bertz CT molecular complexity index is 706. The summed E-state index contributed by atoms with van der Waals surface area (Å²) in [5, 5.41) is 3.81. The molecule has 2 unspecified atom stereocenters. The minimum Gasteiger partial charge on any atom is -0.441 e. The highest BCUT2D eigenvalue weighted by Gasteiger charge is 2.25. The van der Waals surface area contributed by atoms with Crippen molar-refractivity contribution in [3.8, 4) is 11.3 Å². The number of oxazole rings is 1. The van der Waals surface area contributed by atoms with Gasteiger partial charge in [0.05, 0.1) is 6.20 Å². The highest BCUT2D eigenvalue weighted by Crippen LogP contribution is 2.24. The lowest BCUT2D eigenvalue weighted by molar-refractivity contribution is -0.122. The van der Waals surface area contributed by atoms with E-state index in [4.69, 9.17) is 21.8 Å². The summed E-state index contributed by atoms with van der Waals surface area (Å²) in [5.74, 6) is 1.69. The van der Waals surface area contributed by atoms with Gasteiger partial charge in [0.1, 0.15) is 0 Å². The van der Waals surface area contributed by atoms with Gasteiger partial charge in [0.2, 0.25) is 5.91 Å². The van der Waals surface area contributed by atoms with Crippen molar-refractivity contribution in [1.29, 1.82) is 0 Å². The number of halogens is 3. The van der Waals surface area contributed by atoms with Crippen LogP contribution in [-0.4, -0.2) is 23.5 Å². The predicted octanol–water partition coefficient (Wildman–Crippen LogP) is 4.40.